The van der Waals surface area contributed by atoms with Gasteiger partial charge in [0, 0.05) is 18.3 Å². The number of benzene rings is 1. The molecule has 1 aromatic carbocycles. The summed E-state index contributed by atoms with van der Waals surface area (Å²) in [5.41, 5.74) is 4.44. The molecule has 0 amide bonds. The van der Waals surface area contributed by atoms with Crippen LogP contribution in [-0.2, 0) is 26.3 Å². The van der Waals surface area contributed by atoms with Gasteiger partial charge in [0.05, 0.1) is 15.7 Å². The maximum Gasteiger partial charge on any atom is 0.120 e. The number of aryl methyl sites for hydroxylation is 2. The molecule has 0 saturated heterocycles. The van der Waals surface area contributed by atoms with Crippen LogP contribution in [0.2, 0.25) is 10.0 Å². The van der Waals surface area contributed by atoms with Gasteiger partial charge in [-0.25, -0.2) is 0 Å². The Kier molecular flexibility index (Phi) is 3.43. The highest BCUT2D eigenvalue weighted by Gasteiger charge is 2.32. The molecule has 1 N–H and O–H groups in total. The maximum absolute atomic E-state index is 10.1. The number of fused-ring (bicyclic) bond motifs is 1. The first-order chi connectivity index (χ1) is 9.52. The molecule has 2 aromatic rings. The van der Waals surface area contributed by atoms with E-state index in [4.69, 9.17) is 23.2 Å². The summed E-state index contributed by atoms with van der Waals surface area (Å²) < 4.78 is 1.95. The number of phenolic OH excluding ortho intramolecular Hbond substituents is 1. The van der Waals surface area contributed by atoms with Crippen LogP contribution in [0.3, 0.4) is 0 Å². The number of hydrogen-bond acceptors (Lipinski definition) is 2. The quantitative estimate of drug-likeness (QED) is 0.914. The molecule has 1 atom stereocenters. The minimum absolute atomic E-state index is 0.172. The lowest BCUT2D eigenvalue weighted by atomic mass is 9.95. The normalized spacial score (nSPS) is 17.5. The van der Waals surface area contributed by atoms with E-state index in [1.807, 2.05) is 11.7 Å². The van der Waals surface area contributed by atoms with Crippen molar-refractivity contribution >= 4 is 23.2 Å². The monoisotopic (exact) mass is 310 g/mol. The summed E-state index contributed by atoms with van der Waals surface area (Å²) in [6.07, 6.45) is 2.62. The average molecular weight is 311 g/mol. The number of aromatic nitrogens is 2. The third-order valence-corrected chi connectivity index (χ3v) is 4.92. The Bertz CT molecular complexity index is 679. The van der Waals surface area contributed by atoms with Crippen molar-refractivity contribution in [2.45, 2.75) is 32.1 Å². The number of nitrogens with zero attached hydrogens (tertiary/aromatic N) is 2. The van der Waals surface area contributed by atoms with Crippen LogP contribution in [0.25, 0.3) is 0 Å². The lowest BCUT2D eigenvalue weighted by molar-refractivity contribution is 0.461. The molecular weight excluding hydrogens is 295 g/mol. The van der Waals surface area contributed by atoms with Gasteiger partial charge in [0.25, 0.3) is 0 Å². The van der Waals surface area contributed by atoms with E-state index in [1.54, 1.807) is 12.1 Å². The van der Waals surface area contributed by atoms with Crippen LogP contribution >= 0.6 is 23.2 Å². The highest BCUT2D eigenvalue weighted by atomic mass is 35.5. The summed E-state index contributed by atoms with van der Waals surface area (Å²) in [5.74, 6) is 0.397. The fourth-order valence-corrected chi connectivity index (χ4v) is 3.62. The Morgan fingerprint density at radius 2 is 2.10 bits per heavy atom. The van der Waals surface area contributed by atoms with Crippen molar-refractivity contribution in [1.82, 2.24) is 9.78 Å². The summed E-state index contributed by atoms with van der Waals surface area (Å²) in [6.45, 7) is 2.11. The highest BCUT2D eigenvalue weighted by Crippen LogP contribution is 2.44. The Labute approximate surface area is 128 Å². The molecule has 1 unspecified atom stereocenters. The zero-order valence-corrected chi connectivity index (χ0v) is 13.0. The van der Waals surface area contributed by atoms with Crippen molar-refractivity contribution < 1.29 is 5.11 Å². The predicted molar refractivity (Wildman–Crippen MR) is 80.9 cm³/mol. The summed E-state index contributed by atoms with van der Waals surface area (Å²) in [7, 11) is 1.97. The van der Waals surface area contributed by atoms with Gasteiger partial charge in [0.2, 0.25) is 0 Å². The van der Waals surface area contributed by atoms with E-state index in [0.29, 0.717) is 10.0 Å². The summed E-state index contributed by atoms with van der Waals surface area (Å²) in [5, 5.41) is 15.6. The van der Waals surface area contributed by atoms with Crippen LogP contribution in [0.4, 0.5) is 0 Å². The predicted octanol–water partition coefficient (Wildman–Crippen LogP) is 3.88. The van der Waals surface area contributed by atoms with Crippen LogP contribution in [0.5, 0.6) is 5.75 Å². The van der Waals surface area contributed by atoms with Crippen molar-refractivity contribution in [2.24, 2.45) is 7.05 Å². The lowest BCUT2D eigenvalue weighted by Crippen LogP contribution is -2.05. The third-order valence-electron chi connectivity index (χ3n) is 4.10. The number of halogens is 2. The van der Waals surface area contributed by atoms with E-state index in [9.17, 15) is 5.11 Å². The first-order valence-corrected chi connectivity index (χ1v) is 7.49. The lowest BCUT2D eigenvalue weighted by Gasteiger charge is -2.15. The molecule has 0 saturated carbocycles. The van der Waals surface area contributed by atoms with E-state index in [0.717, 1.165) is 30.5 Å². The van der Waals surface area contributed by atoms with Gasteiger partial charge in [-0.2, -0.15) is 5.10 Å². The van der Waals surface area contributed by atoms with Gasteiger partial charge in [-0.1, -0.05) is 30.1 Å². The minimum atomic E-state index is 0.172. The van der Waals surface area contributed by atoms with E-state index in [1.165, 1.54) is 11.3 Å². The Morgan fingerprint density at radius 1 is 1.35 bits per heavy atom. The Hall–Kier alpha value is -1.19. The summed E-state index contributed by atoms with van der Waals surface area (Å²) in [6, 6.07) is 3.25. The van der Waals surface area contributed by atoms with Gasteiger partial charge in [-0.15, -0.1) is 0 Å². The molecule has 1 aliphatic rings. The highest BCUT2D eigenvalue weighted by molar-refractivity contribution is 6.42. The standard InChI is InChI=1S/C15H16Cl2N2O/c1-3-11-9-6-8(7-12(9)19(2)18-11)14-13(20)5-4-10(16)15(14)17/h4-5,8,20H,3,6-7H2,1-2H3. The molecule has 0 bridgehead atoms. The molecule has 3 nitrogen and oxygen atoms in total. The molecule has 0 fully saturated rings. The minimum Gasteiger partial charge on any atom is -0.508 e. The Balaban J connectivity index is 2.02. The molecule has 5 heteroatoms. The van der Waals surface area contributed by atoms with Crippen molar-refractivity contribution in [3.8, 4) is 5.75 Å². The van der Waals surface area contributed by atoms with E-state index < -0.39 is 0 Å². The van der Waals surface area contributed by atoms with E-state index >= 15 is 0 Å². The second-order valence-electron chi connectivity index (χ2n) is 5.25. The Morgan fingerprint density at radius 3 is 2.80 bits per heavy atom. The number of hydrogen-bond donors (Lipinski definition) is 1. The molecule has 0 spiro atoms. The van der Waals surface area contributed by atoms with Crippen LogP contribution in [-0.4, -0.2) is 14.9 Å². The number of aromatic hydroxyl groups is 1. The SMILES string of the molecule is CCc1nn(C)c2c1CC(c1c(O)ccc(Cl)c1Cl)C2. The molecule has 106 valence electrons. The topological polar surface area (TPSA) is 38.0 Å². The van der Waals surface area contributed by atoms with Crippen molar-refractivity contribution in [3.63, 3.8) is 0 Å². The van der Waals surface area contributed by atoms with Crippen molar-refractivity contribution in [1.29, 1.82) is 0 Å². The fraction of sp³-hybridized carbons (Fsp3) is 0.400. The second kappa shape index (κ2) is 4.97. The van der Waals surface area contributed by atoms with Crippen LogP contribution in [0.15, 0.2) is 12.1 Å². The zero-order chi connectivity index (χ0) is 14.4. The van der Waals surface area contributed by atoms with Crippen molar-refractivity contribution in [2.75, 3.05) is 0 Å². The zero-order valence-electron chi connectivity index (χ0n) is 11.5. The second-order valence-corrected chi connectivity index (χ2v) is 6.03. The summed E-state index contributed by atoms with van der Waals surface area (Å²) >= 11 is 12.4. The number of phenols is 1. The first-order valence-electron chi connectivity index (χ1n) is 6.73. The third kappa shape index (κ3) is 2.00. The first kappa shape index (κ1) is 13.8. The van der Waals surface area contributed by atoms with Crippen LogP contribution in [0, 0.1) is 0 Å². The van der Waals surface area contributed by atoms with Gasteiger partial charge in [-0.3, -0.25) is 4.68 Å². The summed E-state index contributed by atoms with van der Waals surface area (Å²) in [4.78, 5) is 0. The average Bonchev–Trinajstić information content (AvgIpc) is 2.96. The van der Waals surface area contributed by atoms with Gasteiger partial charge < -0.3 is 5.11 Å². The van der Waals surface area contributed by atoms with Gasteiger partial charge in [0.15, 0.2) is 0 Å². The van der Waals surface area contributed by atoms with Gasteiger partial charge in [-0.05, 0) is 42.9 Å². The fourth-order valence-electron chi connectivity index (χ4n) is 3.14. The molecular formula is C15H16Cl2N2O. The van der Waals surface area contributed by atoms with Gasteiger partial charge >= 0.3 is 0 Å². The molecule has 1 aromatic heterocycles. The molecule has 1 aliphatic carbocycles. The molecule has 0 radical (unpaired) electrons. The number of rotatable bonds is 2. The van der Waals surface area contributed by atoms with E-state index in [2.05, 4.69) is 12.0 Å². The smallest absolute Gasteiger partial charge is 0.120 e. The van der Waals surface area contributed by atoms with Crippen LogP contribution < -0.4 is 0 Å². The van der Waals surface area contributed by atoms with E-state index in [-0.39, 0.29) is 11.7 Å². The molecule has 3 rings (SSSR count). The van der Waals surface area contributed by atoms with Crippen molar-refractivity contribution in [3.05, 3.63) is 44.7 Å². The maximum atomic E-state index is 10.1. The largest absolute Gasteiger partial charge is 0.508 e. The molecule has 20 heavy (non-hydrogen) atoms. The van der Waals surface area contributed by atoms with Gasteiger partial charge in [0.1, 0.15) is 5.75 Å². The molecule has 1 heterocycles. The van der Waals surface area contributed by atoms with Crippen LogP contribution in [0.1, 0.15) is 35.4 Å². The molecule has 0 aliphatic heterocycles.